The average Bonchev–Trinajstić information content (AvgIpc) is 2.73. The van der Waals surface area contributed by atoms with Crippen molar-refractivity contribution in [3.8, 4) is 0 Å². The minimum Gasteiger partial charge on any atom is -0.394 e. The number of carbonyl (C=O) groups is 1. The molecule has 1 aromatic heterocycles. The topological polar surface area (TPSA) is 67.2 Å². The van der Waals surface area contributed by atoms with Gasteiger partial charge in [-0.2, -0.15) is 5.10 Å². The van der Waals surface area contributed by atoms with Crippen LogP contribution in [0, 0.1) is 6.92 Å². The summed E-state index contributed by atoms with van der Waals surface area (Å²) in [6, 6.07) is 1.78. The van der Waals surface area contributed by atoms with Gasteiger partial charge >= 0.3 is 0 Å². The highest BCUT2D eigenvalue weighted by atomic mass is 16.3. The molecule has 0 aliphatic rings. The highest BCUT2D eigenvalue weighted by Gasteiger charge is 2.19. The second kappa shape index (κ2) is 6.54. The van der Waals surface area contributed by atoms with E-state index in [-0.39, 0.29) is 24.6 Å². The summed E-state index contributed by atoms with van der Waals surface area (Å²) in [5, 5.41) is 16.1. The van der Waals surface area contributed by atoms with Gasteiger partial charge in [0.1, 0.15) is 5.69 Å². The minimum atomic E-state index is -0.247. The van der Waals surface area contributed by atoms with Gasteiger partial charge in [0.15, 0.2) is 0 Å². The van der Waals surface area contributed by atoms with Crippen molar-refractivity contribution in [3.05, 3.63) is 17.5 Å². The second-order valence-corrected chi connectivity index (χ2v) is 4.64. The molecule has 5 heteroatoms. The summed E-state index contributed by atoms with van der Waals surface area (Å²) in [5.74, 6) is -0.177. The SMILES string of the molecule is CCC(CC)n1nc(C)cc1C(=O)NC(C)CO. The predicted molar refractivity (Wildman–Crippen MR) is 70.6 cm³/mol. The molecule has 0 fully saturated rings. The molecule has 18 heavy (non-hydrogen) atoms. The van der Waals surface area contributed by atoms with Crippen LogP contribution in [0.3, 0.4) is 0 Å². The highest BCUT2D eigenvalue weighted by molar-refractivity contribution is 5.92. The first-order valence-electron chi connectivity index (χ1n) is 6.51. The molecule has 0 aliphatic heterocycles. The van der Waals surface area contributed by atoms with E-state index in [1.807, 2.05) is 6.92 Å². The summed E-state index contributed by atoms with van der Waals surface area (Å²) < 4.78 is 1.80. The van der Waals surface area contributed by atoms with Crippen LogP contribution in [0.15, 0.2) is 6.07 Å². The van der Waals surface area contributed by atoms with Gasteiger partial charge in [-0.25, -0.2) is 0 Å². The van der Waals surface area contributed by atoms with Crippen molar-refractivity contribution in [3.63, 3.8) is 0 Å². The number of rotatable bonds is 6. The van der Waals surface area contributed by atoms with Crippen LogP contribution in [0.1, 0.15) is 55.8 Å². The van der Waals surface area contributed by atoms with Crippen molar-refractivity contribution in [2.45, 2.75) is 52.6 Å². The van der Waals surface area contributed by atoms with E-state index >= 15 is 0 Å². The quantitative estimate of drug-likeness (QED) is 0.810. The van der Waals surface area contributed by atoms with Gasteiger partial charge in [-0.05, 0) is 32.8 Å². The van der Waals surface area contributed by atoms with Gasteiger partial charge in [0, 0.05) is 6.04 Å². The van der Waals surface area contributed by atoms with Crippen LogP contribution in [-0.2, 0) is 0 Å². The maximum Gasteiger partial charge on any atom is 0.269 e. The van der Waals surface area contributed by atoms with E-state index in [9.17, 15) is 4.79 Å². The fraction of sp³-hybridized carbons (Fsp3) is 0.692. The number of aryl methyl sites for hydroxylation is 1. The molecule has 1 rings (SSSR count). The Morgan fingerprint density at radius 2 is 2.11 bits per heavy atom. The molecule has 0 spiro atoms. The number of nitrogens with zero attached hydrogens (tertiary/aromatic N) is 2. The van der Waals surface area contributed by atoms with E-state index in [0.717, 1.165) is 18.5 Å². The Hall–Kier alpha value is -1.36. The molecule has 1 aromatic rings. The number of hydrogen-bond donors (Lipinski definition) is 2. The molecule has 0 aliphatic carbocycles. The van der Waals surface area contributed by atoms with Crippen LogP contribution in [0.2, 0.25) is 0 Å². The molecule has 1 atom stereocenters. The Bertz CT molecular complexity index is 397. The van der Waals surface area contributed by atoms with Crippen LogP contribution in [-0.4, -0.2) is 33.4 Å². The third-order valence-corrected chi connectivity index (χ3v) is 3.03. The first-order valence-corrected chi connectivity index (χ1v) is 6.51. The largest absolute Gasteiger partial charge is 0.394 e. The van der Waals surface area contributed by atoms with Crippen molar-refractivity contribution in [2.75, 3.05) is 6.61 Å². The zero-order valence-electron chi connectivity index (χ0n) is 11.6. The molecule has 102 valence electrons. The maximum atomic E-state index is 12.1. The molecule has 1 amide bonds. The number of hydrogen-bond acceptors (Lipinski definition) is 3. The van der Waals surface area contributed by atoms with Gasteiger partial charge in [-0.3, -0.25) is 9.48 Å². The molecule has 0 saturated heterocycles. The van der Waals surface area contributed by atoms with Crippen LogP contribution in [0.4, 0.5) is 0 Å². The molecule has 0 saturated carbocycles. The summed E-state index contributed by atoms with van der Waals surface area (Å²) in [6.45, 7) is 7.75. The predicted octanol–water partition coefficient (Wildman–Crippen LogP) is 1.66. The molecule has 1 unspecified atom stereocenters. The summed E-state index contributed by atoms with van der Waals surface area (Å²) >= 11 is 0. The highest BCUT2D eigenvalue weighted by Crippen LogP contribution is 2.18. The second-order valence-electron chi connectivity index (χ2n) is 4.64. The van der Waals surface area contributed by atoms with Crippen molar-refractivity contribution >= 4 is 5.91 Å². The van der Waals surface area contributed by atoms with Crippen molar-refractivity contribution in [2.24, 2.45) is 0 Å². The Morgan fingerprint density at radius 1 is 1.50 bits per heavy atom. The van der Waals surface area contributed by atoms with Crippen LogP contribution in [0.5, 0.6) is 0 Å². The zero-order chi connectivity index (χ0) is 13.7. The molecule has 0 radical (unpaired) electrons. The summed E-state index contributed by atoms with van der Waals surface area (Å²) in [4.78, 5) is 12.1. The van der Waals surface area contributed by atoms with Gasteiger partial charge in [-0.15, -0.1) is 0 Å². The maximum absolute atomic E-state index is 12.1. The summed E-state index contributed by atoms with van der Waals surface area (Å²) in [5.41, 5.74) is 1.41. The number of aliphatic hydroxyl groups is 1. The molecule has 5 nitrogen and oxygen atoms in total. The molecular formula is C13H23N3O2. The van der Waals surface area contributed by atoms with Crippen LogP contribution >= 0.6 is 0 Å². The van der Waals surface area contributed by atoms with Crippen molar-refractivity contribution in [1.29, 1.82) is 0 Å². The van der Waals surface area contributed by atoms with Gasteiger partial charge in [0.25, 0.3) is 5.91 Å². The average molecular weight is 253 g/mol. The van der Waals surface area contributed by atoms with E-state index in [0.29, 0.717) is 5.69 Å². The van der Waals surface area contributed by atoms with Crippen LogP contribution in [0.25, 0.3) is 0 Å². The van der Waals surface area contributed by atoms with Gasteiger partial charge in [-0.1, -0.05) is 13.8 Å². The molecule has 0 bridgehead atoms. The number of nitrogens with one attached hydrogen (secondary N) is 1. The smallest absolute Gasteiger partial charge is 0.269 e. The zero-order valence-corrected chi connectivity index (χ0v) is 11.6. The molecule has 0 aromatic carbocycles. The minimum absolute atomic E-state index is 0.0656. The lowest BCUT2D eigenvalue weighted by Crippen LogP contribution is -2.36. The Morgan fingerprint density at radius 3 is 2.61 bits per heavy atom. The first kappa shape index (κ1) is 14.7. The summed E-state index contributed by atoms with van der Waals surface area (Å²) in [6.07, 6.45) is 1.88. The third kappa shape index (κ3) is 3.32. The Balaban J connectivity index is 2.97. The normalized spacial score (nSPS) is 12.8. The Labute approximate surface area is 108 Å². The fourth-order valence-electron chi connectivity index (χ4n) is 1.94. The third-order valence-electron chi connectivity index (χ3n) is 3.03. The molecular weight excluding hydrogens is 230 g/mol. The standard InChI is InChI=1S/C13H23N3O2/c1-5-11(6-2)16-12(7-9(3)15-16)13(18)14-10(4)8-17/h7,10-11,17H,5-6,8H2,1-4H3,(H,14,18). The van der Waals surface area contributed by atoms with Gasteiger partial charge < -0.3 is 10.4 Å². The number of carbonyl (C=O) groups excluding carboxylic acids is 1. The number of aromatic nitrogens is 2. The van der Waals surface area contributed by atoms with Crippen molar-refractivity contribution < 1.29 is 9.90 Å². The van der Waals surface area contributed by atoms with Crippen LogP contribution < -0.4 is 5.32 Å². The molecule has 1 heterocycles. The first-order chi connectivity index (χ1) is 8.53. The number of amides is 1. The van der Waals surface area contributed by atoms with E-state index in [2.05, 4.69) is 24.3 Å². The lowest BCUT2D eigenvalue weighted by molar-refractivity contribution is 0.0908. The van der Waals surface area contributed by atoms with Crippen molar-refractivity contribution in [1.82, 2.24) is 15.1 Å². The fourth-order valence-corrected chi connectivity index (χ4v) is 1.94. The lowest BCUT2D eigenvalue weighted by Gasteiger charge is -2.17. The van der Waals surface area contributed by atoms with E-state index in [1.165, 1.54) is 0 Å². The number of aliphatic hydroxyl groups excluding tert-OH is 1. The van der Waals surface area contributed by atoms with Gasteiger partial charge in [0.05, 0.1) is 18.3 Å². The molecule has 2 N–H and O–H groups in total. The van der Waals surface area contributed by atoms with Gasteiger partial charge in [0.2, 0.25) is 0 Å². The summed E-state index contributed by atoms with van der Waals surface area (Å²) in [7, 11) is 0. The lowest BCUT2D eigenvalue weighted by atomic mass is 10.1. The van der Waals surface area contributed by atoms with E-state index < -0.39 is 0 Å². The van der Waals surface area contributed by atoms with E-state index in [4.69, 9.17) is 5.11 Å². The van der Waals surface area contributed by atoms with E-state index in [1.54, 1.807) is 17.7 Å². The monoisotopic (exact) mass is 253 g/mol. The Kier molecular flexibility index (Phi) is 5.34.